The zero-order chi connectivity index (χ0) is 22.9. The molecule has 1 aliphatic heterocycles. The van der Waals surface area contributed by atoms with Crippen LogP contribution in [0.1, 0.15) is 35.1 Å². The van der Waals surface area contributed by atoms with E-state index < -0.39 is 0 Å². The Morgan fingerprint density at radius 1 is 1.03 bits per heavy atom. The third-order valence-electron chi connectivity index (χ3n) is 6.53. The van der Waals surface area contributed by atoms with E-state index in [9.17, 15) is 4.79 Å². The second kappa shape index (κ2) is 9.20. The lowest BCUT2D eigenvalue weighted by atomic mass is 9.79. The summed E-state index contributed by atoms with van der Waals surface area (Å²) < 4.78 is 5.95. The van der Waals surface area contributed by atoms with Gasteiger partial charge in [-0.25, -0.2) is 5.01 Å². The van der Waals surface area contributed by atoms with Gasteiger partial charge >= 0.3 is 0 Å². The average molecular weight is 485 g/mol. The van der Waals surface area contributed by atoms with Crippen LogP contribution in [0.15, 0.2) is 88.2 Å². The number of carbonyl (C=O) groups is 1. The first-order valence-corrected chi connectivity index (χ1v) is 13.3. The van der Waals surface area contributed by atoms with E-state index in [4.69, 9.17) is 9.84 Å². The molecule has 2 aliphatic rings. The van der Waals surface area contributed by atoms with Crippen molar-refractivity contribution in [3.63, 3.8) is 0 Å². The fourth-order valence-corrected chi connectivity index (χ4v) is 6.52. The highest BCUT2D eigenvalue weighted by molar-refractivity contribution is 7.11. The topological polar surface area (TPSA) is 41.9 Å². The summed E-state index contributed by atoms with van der Waals surface area (Å²) in [6.45, 7) is -0.0340. The number of carbonyl (C=O) groups excluding carboxylic acids is 1. The van der Waals surface area contributed by atoms with E-state index in [0.29, 0.717) is 5.75 Å². The predicted octanol–water partition coefficient (Wildman–Crippen LogP) is 7.16. The van der Waals surface area contributed by atoms with Gasteiger partial charge in [-0.15, -0.1) is 22.7 Å². The van der Waals surface area contributed by atoms with Crippen LogP contribution in [-0.2, 0) is 4.79 Å². The molecule has 0 N–H and O–H groups in total. The van der Waals surface area contributed by atoms with Crippen molar-refractivity contribution in [2.24, 2.45) is 11.0 Å². The van der Waals surface area contributed by atoms with Crippen molar-refractivity contribution in [2.45, 2.75) is 25.3 Å². The van der Waals surface area contributed by atoms with Crippen LogP contribution < -0.4 is 4.74 Å². The SMILES string of the molecule is O=C(COc1ccc2ccccc2c1)N1N=C2/C(=C/c3cccs3)CCC[C@H]2[C@H]1c1cccs1. The number of allylic oxidation sites excluding steroid dienone is 1. The van der Waals surface area contributed by atoms with Gasteiger partial charge in [0, 0.05) is 15.7 Å². The molecule has 3 heterocycles. The fourth-order valence-electron chi connectivity index (χ4n) is 4.96. The van der Waals surface area contributed by atoms with Gasteiger partial charge in [0.15, 0.2) is 6.61 Å². The summed E-state index contributed by atoms with van der Waals surface area (Å²) >= 11 is 3.43. The first-order chi connectivity index (χ1) is 16.8. The summed E-state index contributed by atoms with van der Waals surface area (Å²) in [5, 5.41) is 13.0. The third-order valence-corrected chi connectivity index (χ3v) is 8.30. The zero-order valence-electron chi connectivity index (χ0n) is 18.6. The summed E-state index contributed by atoms with van der Waals surface area (Å²) in [4.78, 5) is 15.8. The number of fused-ring (bicyclic) bond motifs is 2. The average Bonchev–Trinajstić information content (AvgIpc) is 3.63. The largest absolute Gasteiger partial charge is 0.484 e. The van der Waals surface area contributed by atoms with E-state index in [-0.39, 0.29) is 24.5 Å². The van der Waals surface area contributed by atoms with Gasteiger partial charge in [0.05, 0.1) is 11.8 Å². The van der Waals surface area contributed by atoms with E-state index in [2.05, 4.69) is 53.2 Å². The molecule has 4 aromatic rings. The second-order valence-electron chi connectivity index (χ2n) is 8.67. The Bertz CT molecular complexity index is 1370. The fraction of sp³-hybridized carbons (Fsp3) is 0.214. The number of amides is 1. The third kappa shape index (κ3) is 4.08. The van der Waals surface area contributed by atoms with Gasteiger partial charge in [-0.2, -0.15) is 5.10 Å². The van der Waals surface area contributed by atoms with Crippen molar-refractivity contribution in [1.82, 2.24) is 5.01 Å². The maximum Gasteiger partial charge on any atom is 0.281 e. The molecular formula is C28H24N2O2S2. The van der Waals surface area contributed by atoms with Gasteiger partial charge in [0.25, 0.3) is 5.91 Å². The summed E-state index contributed by atoms with van der Waals surface area (Å²) in [7, 11) is 0. The highest BCUT2D eigenvalue weighted by atomic mass is 32.1. The Hall–Kier alpha value is -3.22. The maximum absolute atomic E-state index is 13.4. The minimum absolute atomic E-state index is 0.0340. The molecule has 1 saturated carbocycles. The van der Waals surface area contributed by atoms with E-state index in [1.807, 2.05) is 30.3 Å². The Kier molecular flexibility index (Phi) is 5.77. The molecule has 6 heteroatoms. The Balaban J connectivity index is 1.28. The van der Waals surface area contributed by atoms with E-state index in [0.717, 1.165) is 35.7 Å². The number of hydrazone groups is 1. The van der Waals surface area contributed by atoms with Crippen molar-refractivity contribution in [3.05, 3.63) is 92.8 Å². The molecule has 1 amide bonds. The Morgan fingerprint density at radius 2 is 1.88 bits per heavy atom. The number of nitrogens with zero attached hydrogens (tertiary/aromatic N) is 2. The van der Waals surface area contributed by atoms with Gasteiger partial charge in [-0.05, 0) is 76.7 Å². The molecule has 6 rings (SSSR count). The standard InChI is InChI=1S/C28H24N2O2S2/c31-26(18-32-22-13-12-19-6-1-2-7-20(19)16-22)30-28(25-11-5-15-34-25)24-10-3-8-21(27(24)29-30)17-23-9-4-14-33-23/h1-2,4-7,9,11-17,24,28H,3,8,10,18H2/b21-17+/t24-,28+/m1/s1. The molecule has 0 unspecified atom stereocenters. The van der Waals surface area contributed by atoms with Crippen molar-refractivity contribution in [2.75, 3.05) is 6.61 Å². The quantitative estimate of drug-likeness (QED) is 0.301. The molecule has 1 aliphatic carbocycles. The predicted molar refractivity (Wildman–Crippen MR) is 140 cm³/mol. The first kappa shape index (κ1) is 21.3. The second-order valence-corrected chi connectivity index (χ2v) is 10.6. The summed E-state index contributed by atoms with van der Waals surface area (Å²) in [6.07, 6.45) is 5.40. The summed E-state index contributed by atoms with van der Waals surface area (Å²) in [5.74, 6) is 0.814. The van der Waals surface area contributed by atoms with Crippen LogP contribution in [0.4, 0.5) is 0 Å². The molecule has 2 aromatic heterocycles. The van der Waals surface area contributed by atoms with Gasteiger partial charge in [-0.1, -0.05) is 42.5 Å². The molecule has 1 fully saturated rings. The number of hydrogen-bond donors (Lipinski definition) is 0. The smallest absolute Gasteiger partial charge is 0.281 e. The molecular weight excluding hydrogens is 460 g/mol. The van der Waals surface area contributed by atoms with Crippen LogP contribution in [0.5, 0.6) is 5.75 Å². The van der Waals surface area contributed by atoms with Crippen LogP contribution in [0.25, 0.3) is 16.8 Å². The van der Waals surface area contributed by atoms with E-state index in [1.54, 1.807) is 27.7 Å². The van der Waals surface area contributed by atoms with Gasteiger partial charge in [-0.3, -0.25) is 4.79 Å². The summed E-state index contributed by atoms with van der Waals surface area (Å²) in [5.41, 5.74) is 2.32. The van der Waals surface area contributed by atoms with Gasteiger partial charge in [0.1, 0.15) is 5.75 Å². The lowest BCUT2D eigenvalue weighted by Crippen LogP contribution is -2.34. The lowest BCUT2D eigenvalue weighted by molar-refractivity contribution is -0.135. The molecule has 0 radical (unpaired) electrons. The monoisotopic (exact) mass is 484 g/mol. The molecule has 34 heavy (non-hydrogen) atoms. The van der Waals surface area contributed by atoms with Gasteiger partial charge in [0.2, 0.25) is 0 Å². The van der Waals surface area contributed by atoms with Crippen molar-refractivity contribution in [3.8, 4) is 5.75 Å². The number of benzene rings is 2. The van der Waals surface area contributed by atoms with Crippen LogP contribution >= 0.6 is 22.7 Å². The molecule has 170 valence electrons. The first-order valence-electron chi connectivity index (χ1n) is 11.6. The molecule has 2 atom stereocenters. The number of thiophene rings is 2. The van der Waals surface area contributed by atoms with Crippen molar-refractivity contribution in [1.29, 1.82) is 0 Å². The zero-order valence-corrected chi connectivity index (χ0v) is 20.2. The Labute approximate surface area is 206 Å². The maximum atomic E-state index is 13.4. The van der Waals surface area contributed by atoms with Crippen molar-refractivity contribution < 1.29 is 9.53 Å². The number of hydrogen-bond acceptors (Lipinski definition) is 5. The van der Waals surface area contributed by atoms with E-state index in [1.165, 1.54) is 15.3 Å². The van der Waals surface area contributed by atoms with Crippen molar-refractivity contribution >= 4 is 51.1 Å². The highest BCUT2D eigenvalue weighted by Crippen LogP contribution is 2.45. The number of rotatable bonds is 5. The molecule has 4 nitrogen and oxygen atoms in total. The minimum Gasteiger partial charge on any atom is -0.484 e. The van der Waals surface area contributed by atoms with Crippen LogP contribution in [0, 0.1) is 5.92 Å². The number of ether oxygens (including phenoxy) is 1. The molecule has 0 bridgehead atoms. The van der Waals surface area contributed by atoms with Gasteiger partial charge < -0.3 is 4.74 Å². The summed E-state index contributed by atoms with van der Waals surface area (Å²) in [6, 6.07) is 22.4. The van der Waals surface area contributed by atoms with E-state index >= 15 is 0 Å². The van der Waals surface area contributed by atoms with Crippen LogP contribution in [0.3, 0.4) is 0 Å². The van der Waals surface area contributed by atoms with Crippen LogP contribution in [-0.4, -0.2) is 23.2 Å². The molecule has 2 aromatic carbocycles. The highest BCUT2D eigenvalue weighted by Gasteiger charge is 2.44. The Morgan fingerprint density at radius 3 is 2.71 bits per heavy atom. The lowest BCUT2D eigenvalue weighted by Gasteiger charge is -2.28. The normalized spacial score (nSPS) is 21.0. The molecule has 0 spiro atoms. The minimum atomic E-state index is -0.107. The van der Waals surface area contributed by atoms with Crippen LogP contribution in [0.2, 0.25) is 0 Å². The molecule has 0 saturated heterocycles.